The zero-order valence-corrected chi connectivity index (χ0v) is 15.4. The monoisotopic (exact) mass is 384 g/mol. The summed E-state index contributed by atoms with van der Waals surface area (Å²) in [6, 6.07) is 10.4. The molecule has 0 aliphatic heterocycles. The number of hydrogen-bond acceptors (Lipinski definition) is 3. The van der Waals surface area contributed by atoms with E-state index in [4.69, 9.17) is 11.6 Å². The smallest absolute Gasteiger partial charge is 0.232 e. The fourth-order valence-electron chi connectivity index (χ4n) is 2.32. The van der Waals surface area contributed by atoms with Gasteiger partial charge < -0.3 is 5.32 Å². The molecular weight excluding hydrogens is 367 g/mol. The predicted molar refractivity (Wildman–Crippen MR) is 98.0 cm³/mol. The molecule has 0 aliphatic carbocycles. The number of carbonyl (C=O) groups excluding carboxylic acids is 1. The molecule has 0 heterocycles. The van der Waals surface area contributed by atoms with Gasteiger partial charge in [-0.05, 0) is 42.8 Å². The molecule has 25 heavy (non-hydrogen) atoms. The van der Waals surface area contributed by atoms with Gasteiger partial charge in [0.2, 0.25) is 15.9 Å². The van der Waals surface area contributed by atoms with Crippen LogP contribution in [0.1, 0.15) is 12.0 Å². The normalized spacial score (nSPS) is 11.2. The third-order valence-corrected chi connectivity index (χ3v) is 5.15. The van der Waals surface area contributed by atoms with Crippen LogP contribution in [-0.2, 0) is 14.8 Å². The van der Waals surface area contributed by atoms with Crippen LogP contribution < -0.4 is 9.62 Å². The summed E-state index contributed by atoms with van der Waals surface area (Å²) in [7, 11) is -3.60. The molecule has 5 nitrogen and oxygen atoms in total. The van der Waals surface area contributed by atoms with Crippen molar-refractivity contribution in [2.75, 3.05) is 22.4 Å². The Morgan fingerprint density at radius 2 is 1.92 bits per heavy atom. The number of amides is 1. The second-order valence-corrected chi connectivity index (χ2v) is 7.84. The molecule has 0 radical (unpaired) electrons. The van der Waals surface area contributed by atoms with E-state index in [9.17, 15) is 17.6 Å². The number of hydrogen-bond donors (Lipinski definition) is 1. The Bertz CT molecular complexity index is 887. The highest BCUT2D eigenvalue weighted by Gasteiger charge is 2.21. The number of nitrogens with one attached hydrogen (secondary N) is 1. The van der Waals surface area contributed by atoms with Crippen LogP contribution in [0.25, 0.3) is 0 Å². The lowest BCUT2D eigenvalue weighted by atomic mass is 10.2. The molecule has 2 aromatic carbocycles. The summed E-state index contributed by atoms with van der Waals surface area (Å²) in [5.41, 5.74) is 1.35. The van der Waals surface area contributed by atoms with Crippen molar-refractivity contribution in [3.63, 3.8) is 0 Å². The Kier molecular flexibility index (Phi) is 6.02. The maximum absolute atomic E-state index is 13.1. The van der Waals surface area contributed by atoms with Gasteiger partial charge in [0.1, 0.15) is 5.82 Å². The van der Waals surface area contributed by atoms with Gasteiger partial charge in [-0.25, -0.2) is 12.8 Å². The van der Waals surface area contributed by atoms with Crippen LogP contribution in [0.2, 0.25) is 5.02 Å². The minimum Gasteiger partial charge on any atom is -0.326 e. The van der Waals surface area contributed by atoms with Gasteiger partial charge in [-0.1, -0.05) is 23.7 Å². The van der Waals surface area contributed by atoms with Crippen molar-refractivity contribution < 1.29 is 17.6 Å². The van der Waals surface area contributed by atoms with Crippen LogP contribution in [-0.4, -0.2) is 27.1 Å². The number of rotatable bonds is 6. The van der Waals surface area contributed by atoms with Crippen molar-refractivity contribution >= 4 is 38.9 Å². The topological polar surface area (TPSA) is 66.5 Å². The van der Waals surface area contributed by atoms with E-state index in [1.165, 1.54) is 18.2 Å². The van der Waals surface area contributed by atoms with E-state index in [0.29, 0.717) is 22.0 Å². The first-order chi connectivity index (χ1) is 11.7. The van der Waals surface area contributed by atoms with Crippen LogP contribution in [0, 0.1) is 12.7 Å². The van der Waals surface area contributed by atoms with Crippen molar-refractivity contribution in [1.29, 1.82) is 0 Å². The summed E-state index contributed by atoms with van der Waals surface area (Å²) < 4.78 is 38.5. The molecule has 1 N–H and O–H groups in total. The van der Waals surface area contributed by atoms with Crippen molar-refractivity contribution in [1.82, 2.24) is 0 Å². The fraction of sp³-hybridized carbons (Fsp3) is 0.235. The molecule has 0 spiro atoms. The molecular formula is C17H18ClFN2O3S. The first-order valence-electron chi connectivity index (χ1n) is 7.47. The van der Waals surface area contributed by atoms with Gasteiger partial charge in [0.25, 0.3) is 0 Å². The average Bonchev–Trinajstić information content (AvgIpc) is 2.50. The molecule has 0 fully saturated rings. The lowest BCUT2D eigenvalue weighted by Gasteiger charge is -2.24. The largest absolute Gasteiger partial charge is 0.326 e. The van der Waals surface area contributed by atoms with Gasteiger partial charge in [-0.3, -0.25) is 9.10 Å². The fourth-order valence-corrected chi connectivity index (χ4v) is 3.47. The lowest BCUT2D eigenvalue weighted by molar-refractivity contribution is -0.116. The third-order valence-electron chi connectivity index (χ3n) is 3.56. The van der Waals surface area contributed by atoms with Crippen LogP contribution in [0.4, 0.5) is 15.8 Å². The highest BCUT2D eigenvalue weighted by molar-refractivity contribution is 7.92. The van der Waals surface area contributed by atoms with Gasteiger partial charge in [0.15, 0.2) is 0 Å². The molecule has 2 rings (SSSR count). The number of anilines is 2. The van der Waals surface area contributed by atoms with E-state index in [1.54, 1.807) is 31.2 Å². The quantitative estimate of drug-likeness (QED) is 0.827. The van der Waals surface area contributed by atoms with Gasteiger partial charge >= 0.3 is 0 Å². The van der Waals surface area contributed by atoms with E-state index in [2.05, 4.69) is 5.32 Å². The predicted octanol–water partition coefficient (Wildman–Crippen LogP) is 3.58. The molecule has 0 saturated carbocycles. The zero-order valence-electron chi connectivity index (χ0n) is 13.8. The van der Waals surface area contributed by atoms with E-state index in [0.717, 1.165) is 10.6 Å². The highest BCUT2D eigenvalue weighted by Crippen LogP contribution is 2.28. The van der Waals surface area contributed by atoms with Crippen LogP contribution in [0.5, 0.6) is 0 Å². The molecule has 0 atom stereocenters. The van der Waals surface area contributed by atoms with Gasteiger partial charge in [-0.2, -0.15) is 0 Å². The molecule has 0 aromatic heterocycles. The molecule has 0 unspecified atom stereocenters. The summed E-state index contributed by atoms with van der Waals surface area (Å²) in [4.78, 5) is 12.1. The lowest BCUT2D eigenvalue weighted by Crippen LogP contribution is -2.33. The Labute approximate surface area is 151 Å². The Morgan fingerprint density at radius 1 is 1.24 bits per heavy atom. The van der Waals surface area contributed by atoms with E-state index < -0.39 is 21.7 Å². The van der Waals surface area contributed by atoms with Gasteiger partial charge in [0, 0.05) is 23.7 Å². The Balaban J connectivity index is 2.13. The molecule has 2 aromatic rings. The molecule has 1 amide bonds. The maximum atomic E-state index is 13.1. The van der Waals surface area contributed by atoms with Gasteiger partial charge in [-0.15, -0.1) is 0 Å². The van der Waals surface area contributed by atoms with Crippen LogP contribution >= 0.6 is 11.6 Å². The first-order valence-corrected chi connectivity index (χ1v) is 9.69. The second kappa shape index (κ2) is 7.84. The van der Waals surface area contributed by atoms with Crippen LogP contribution in [0.15, 0.2) is 42.5 Å². The Morgan fingerprint density at radius 3 is 2.56 bits per heavy atom. The van der Waals surface area contributed by atoms with Crippen molar-refractivity contribution in [2.45, 2.75) is 13.3 Å². The summed E-state index contributed by atoms with van der Waals surface area (Å²) in [5, 5.41) is 2.98. The molecule has 0 aliphatic rings. The summed E-state index contributed by atoms with van der Waals surface area (Å²) in [5.74, 6) is -0.885. The van der Waals surface area contributed by atoms with Gasteiger partial charge in [0.05, 0.1) is 11.9 Å². The minimum absolute atomic E-state index is 0.0544. The van der Waals surface area contributed by atoms with Crippen molar-refractivity contribution in [3.8, 4) is 0 Å². The zero-order chi connectivity index (χ0) is 18.6. The van der Waals surface area contributed by atoms with Crippen LogP contribution in [0.3, 0.4) is 0 Å². The van der Waals surface area contributed by atoms with E-state index in [-0.39, 0.29) is 13.0 Å². The van der Waals surface area contributed by atoms with Crippen molar-refractivity contribution in [3.05, 3.63) is 58.9 Å². The number of halogens is 2. The highest BCUT2D eigenvalue weighted by atomic mass is 35.5. The third kappa shape index (κ3) is 5.17. The summed E-state index contributed by atoms with van der Waals surface area (Å²) in [6.45, 7) is 1.66. The van der Waals surface area contributed by atoms with E-state index in [1.807, 2.05) is 0 Å². The summed E-state index contributed by atoms with van der Waals surface area (Å²) >= 11 is 6.06. The van der Waals surface area contributed by atoms with E-state index >= 15 is 0 Å². The SMILES string of the molecule is Cc1c(Cl)cccc1N(CCC(=O)Nc1cccc(F)c1)S(C)(=O)=O. The Hall–Kier alpha value is -2.12. The molecule has 0 saturated heterocycles. The molecule has 0 bridgehead atoms. The second-order valence-electron chi connectivity index (χ2n) is 5.53. The van der Waals surface area contributed by atoms with Crippen molar-refractivity contribution in [2.24, 2.45) is 0 Å². The standard InChI is InChI=1S/C17H18ClFN2O3S/c1-12-15(18)7-4-8-16(12)21(25(2,23)24)10-9-17(22)20-14-6-3-5-13(19)11-14/h3-8,11H,9-10H2,1-2H3,(H,20,22). The first kappa shape index (κ1) is 19.2. The number of nitrogens with zero attached hydrogens (tertiary/aromatic N) is 1. The molecule has 134 valence electrons. The number of sulfonamides is 1. The minimum atomic E-state index is -3.60. The molecule has 8 heteroatoms. The number of carbonyl (C=O) groups is 1. The average molecular weight is 385 g/mol. The summed E-state index contributed by atoms with van der Waals surface area (Å²) in [6.07, 6.45) is 0.980. The maximum Gasteiger partial charge on any atom is 0.232 e. The number of benzene rings is 2.